The number of aliphatic carboxylic acids is 1. The van der Waals surface area contributed by atoms with E-state index in [1.165, 1.54) is 19.1 Å². The highest BCUT2D eigenvalue weighted by atomic mass is 16.6. The number of rotatable bonds is 23. The molecule has 15 nitrogen and oxygen atoms in total. The van der Waals surface area contributed by atoms with E-state index in [1.807, 2.05) is 0 Å². The zero-order valence-electron chi connectivity index (χ0n) is 23.8. The Kier molecular flexibility index (Phi) is 17.8. The van der Waals surface area contributed by atoms with Gasteiger partial charge in [0.1, 0.15) is 12.1 Å². The molecule has 0 spiro atoms. The monoisotopic (exact) mass is 586 g/mol. The summed E-state index contributed by atoms with van der Waals surface area (Å²) in [5.41, 5.74) is 0. The minimum atomic E-state index is -1.16. The van der Waals surface area contributed by atoms with E-state index in [4.69, 9.17) is 24.1 Å². The first kappa shape index (κ1) is 35.6. The van der Waals surface area contributed by atoms with Gasteiger partial charge < -0.3 is 40.0 Å². The van der Waals surface area contributed by atoms with Crippen LogP contribution in [0.25, 0.3) is 0 Å². The highest BCUT2D eigenvalue weighted by Crippen LogP contribution is 2.04. The van der Waals surface area contributed by atoms with Crippen LogP contribution in [0.3, 0.4) is 0 Å². The quantitative estimate of drug-likeness (QED) is 0.0811. The summed E-state index contributed by atoms with van der Waals surface area (Å²) in [6, 6.07) is -1.91. The molecule has 15 heteroatoms. The Hall–Kier alpha value is -3.40. The molecule has 0 fully saturated rings. The van der Waals surface area contributed by atoms with Gasteiger partial charge in [0.05, 0.1) is 52.9 Å². The number of amides is 5. The van der Waals surface area contributed by atoms with E-state index < -0.39 is 35.8 Å². The number of ether oxygens (including phenoxy) is 4. The summed E-state index contributed by atoms with van der Waals surface area (Å²) in [4.78, 5) is 70.9. The lowest BCUT2D eigenvalue weighted by Gasteiger charge is -2.23. The molecular formula is C26H42N4O11. The average molecular weight is 587 g/mol. The van der Waals surface area contributed by atoms with E-state index >= 15 is 0 Å². The van der Waals surface area contributed by atoms with Crippen LogP contribution in [-0.2, 0) is 47.7 Å². The molecule has 0 bridgehead atoms. The van der Waals surface area contributed by atoms with Crippen LogP contribution in [0.1, 0.15) is 33.6 Å². The Bertz CT molecular complexity index is 892. The third kappa shape index (κ3) is 15.8. The van der Waals surface area contributed by atoms with E-state index in [2.05, 4.69) is 16.0 Å². The molecule has 1 rings (SSSR count). The number of imide groups is 1. The lowest BCUT2D eigenvalue weighted by atomic mass is 10.0. The molecule has 1 heterocycles. The van der Waals surface area contributed by atoms with Crippen molar-refractivity contribution in [3.63, 3.8) is 0 Å². The van der Waals surface area contributed by atoms with Gasteiger partial charge >= 0.3 is 5.97 Å². The predicted octanol–water partition coefficient (Wildman–Crippen LogP) is -1.40. The topological polar surface area (TPSA) is 199 Å². The minimum Gasteiger partial charge on any atom is -0.480 e. The van der Waals surface area contributed by atoms with Crippen LogP contribution in [0.2, 0.25) is 0 Å². The SMILES string of the molecule is CC(C)[C@H](NC(=O)CCOCCOCCOCCOCCNC(=O)CCN1C(=O)C=CC1=O)C(=O)N[C@@H](C)C(=O)O. The smallest absolute Gasteiger partial charge is 0.325 e. The van der Waals surface area contributed by atoms with Gasteiger partial charge in [0, 0.05) is 38.1 Å². The second-order valence-electron chi connectivity index (χ2n) is 9.32. The van der Waals surface area contributed by atoms with Crippen molar-refractivity contribution in [2.45, 2.75) is 45.7 Å². The third-order valence-corrected chi connectivity index (χ3v) is 5.62. The van der Waals surface area contributed by atoms with E-state index in [9.17, 15) is 28.8 Å². The summed E-state index contributed by atoms with van der Waals surface area (Å²) < 4.78 is 21.5. The van der Waals surface area contributed by atoms with Crippen molar-refractivity contribution in [2.24, 2.45) is 5.92 Å². The molecule has 41 heavy (non-hydrogen) atoms. The molecule has 5 amide bonds. The Morgan fingerprint density at radius 2 is 1.27 bits per heavy atom. The Labute approximate surface area is 239 Å². The first-order valence-electron chi connectivity index (χ1n) is 13.5. The molecule has 0 aliphatic carbocycles. The molecular weight excluding hydrogens is 544 g/mol. The van der Waals surface area contributed by atoms with Crippen molar-refractivity contribution in [1.29, 1.82) is 0 Å². The fourth-order valence-corrected chi connectivity index (χ4v) is 3.29. The largest absolute Gasteiger partial charge is 0.480 e. The summed E-state index contributed by atoms with van der Waals surface area (Å²) in [5.74, 6) is -3.45. The molecule has 0 aromatic heterocycles. The van der Waals surface area contributed by atoms with Crippen molar-refractivity contribution < 1.29 is 52.8 Å². The van der Waals surface area contributed by atoms with Crippen LogP contribution in [0.15, 0.2) is 12.2 Å². The second-order valence-corrected chi connectivity index (χ2v) is 9.32. The average Bonchev–Trinajstić information content (AvgIpc) is 3.24. The number of carbonyl (C=O) groups excluding carboxylic acids is 5. The fraction of sp³-hybridized carbons (Fsp3) is 0.692. The summed E-state index contributed by atoms with van der Waals surface area (Å²) in [6.45, 7) is 7.55. The zero-order valence-corrected chi connectivity index (χ0v) is 23.8. The summed E-state index contributed by atoms with van der Waals surface area (Å²) in [6.07, 6.45) is 2.41. The van der Waals surface area contributed by atoms with Crippen molar-refractivity contribution in [3.8, 4) is 0 Å². The van der Waals surface area contributed by atoms with Crippen LogP contribution in [-0.4, -0.2) is 124 Å². The minimum absolute atomic E-state index is 0.0263. The first-order chi connectivity index (χ1) is 19.5. The van der Waals surface area contributed by atoms with Crippen molar-refractivity contribution in [3.05, 3.63) is 12.2 Å². The van der Waals surface area contributed by atoms with E-state index in [0.29, 0.717) is 46.2 Å². The predicted molar refractivity (Wildman–Crippen MR) is 143 cm³/mol. The number of carboxylic acid groups (broad SMARTS) is 1. The van der Waals surface area contributed by atoms with Crippen LogP contribution < -0.4 is 16.0 Å². The van der Waals surface area contributed by atoms with Gasteiger partial charge in [-0.1, -0.05) is 13.8 Å². The van der Waals surface area contributed by atoms with Crippen LogP contribution in [0.4, 0.5) is 0 Å². The van der Waals surface area contributed by atoms with Crippen molar-refractivity contribution in [1.82, 2.24) is 20.9 Å². The van der Waals surface area contributed by atoms with Gasteiger partial charge in [-0.2, -0.15) is 0 Å². The number of nitrogens with zero attached hydrogens (tertiary/aromatic N) is 1. The van der Waals surface area contributed by atoms with Gasteiger partial charge in [-0.3, -0.25) is 33.7 Å². The maximum Gasteiger partial charge on any atom is 0.325 e. The van der Waals surface area contributed by atoms with Crippen LogP contribution in [0.5, 0.6) is 0 Å². The first-order valence-corrected chi connectivity index (χ1v) is 13.5. The molecule has 2 atom stereocenters. The van der Waals surface area contributed by atoms with Crippen LogP contribution in [0, 0.1) is 5.92 Å². The van der Waals surface area contributed by atoms with Gasteiger partial charge in [0.2, 0.25) is 17.7 Å². The summed E-state index contributed by atoms with van der Waals surface area (Å²) >= 11 is 0. The molecule has 232 valence electrons. The third-order valence-electron chi connectivity index (χ3n) is 5.62. The van der Waals surface area contributed by atoms with E-state index in [0.717, 1.165) is 4.90 Å². The maximum atomic E-state index is 12.2. The molecule has 0 aromatic carbocycles. The number of hydrogen-bond donors (Lipinski definition) is 4. The molecule has 0 saturated heterocycles. The summed E-state index contributed by atoms with van der Waals surface area (Å²) in [5, 5.41) is 16.5. The fourth-order valence-electron chi connectivity index (χ4n) is 3.29. The highest BCUT2D eigenvalue weighted by molar-refractivity contribution is 6.13. The lowest BCUT2D eigenvalue weighted by molar-refractivity contribution is -0.142. The molecule has 1 aliphatic heterocycles. The molecule has 0 aromatic rings. The van der Waals surface area contributed by atoms with Gasteiger partial charge in [-0.25, -0.2) is 0 Å². The van der Waals surface area contributed by atoms with Gasteiger partial charge in [0.15, 0.2) is 0 Å². The zero-order chi connectivity index (χ0) is 30.6. The van der Waals surface area contributed by atoms with E-state index in [1.54, 1.807) is 13.8 Å². The number of carbonyl (C=O) groups is 6. The maximum absolute atomic E-state index is 12.2. The van der Waals surface area contributed by atoms with Crippen molar-refractivity contribution in [2.75, 3.05) is 65.9 Å². The van der Waals surface area contributed by atoms with Crippen LogP contribution >= 0.6 is 0 Å². The standard InChI is InChI=1S/C26H42N4O11/c1-18(2)24(25(35)28-19(3)26(36)37)29-21(32)7-10-38-12-14-40-16-17-41-15-13-39-11-8-27-20(31)6-9-30-22(33)4-5-23(30)34/h4-5,18-19,24H,6-17H2,1-3H3,(H,27,31)(H,28,35)(H,29,32)(H,36,37)/t19-,24-/m0/s1. The Balaban J connectivity index is 1.93. The van der Waals surface area contributed by atoms with Gasteiger partial charge in [0.25, 0.3) is 11.8 Å². The van der Waals surface area contributed by atoms with Gasteiger partial charge in [-0.05, 0) is 12.8 Å². The number of nitrogens with one attached hydrogen (secondary N) is 3. The normalized spacial score (nSPS) is 14.3. The highest BCUT2D eigenvalue weighted by Gasteiger charge is 2.26. The van der Waals surface area contributed by atoms with E-state index in [-0.39, 0.29) is 50.3 Å². The number of hydrogen-bond acceptors (Lipinski definition) is 10. The summed E-state index contributed by atoms with van der Waals surface area (Å²) in [7, 11) is 0. The molecule has 0 unspecified atom stereocenters. The molecule has 1 aliphatic rings. The molecule has 0 saturated carbocycles. The lowest BCUT2D eigenvalue weighted by Crippen LogP contribution is -2.53. The second kappa shape index (κ2) is 20.5. The molecule has 0 radical (unpaired) electrons. The van der Waals surface area contributed by atoms with Gasteiger partial charge in [-0.15, -0.1) is 0 Å². The molecule has 4 N–H and O–H groups in total. The Morgan fingerprint density at radius 1 is 0.756 bits per heavy atom. The Morgan fingerprint density at radius 3 is 1.78 bits per heavy atom. The van der Waals surface area contributed by atoms with Crippen molar-refractivity contribution >= 4 is 35.5 Å². The number of carboxylic acids is 1.